The number of hydrogen-bond donors (Lipinski definition) is 1. The highest BCUT2D eigenvalue weighted by molar-refractivity contribution is 6.30. The third-order valence-corrected chi connectivity index (χ3v) is 3.48. The smallest absolute Gasteiger partial charge is 0.257 e. The molecule has 0 bridgehead atoms. The minimum atomic E-state index is -0.259. The van der Waals surface area contributed by atoms with E-state index >= 15 is 0 Å². The molecule has 0 spiro atoms. The summed E-state index contributed by atoms with van der Waals surface area (Å²) in [4.78, 5) is 11.7. The van der Waals surface area contributed by atoms with E-state index in [2.05, 4.69) is 5.32 Å². The third-order valence-electron chi connectivity index (χ3n) is 2.82. The van der Waals surface area contributed by atoms with Gasteiger partial charge in [0.2, 0.25) is 0 Å². The van der Waals surface area contributed by atoms with Crippen molar-refractivity contribution in [2.45, 2.75) is 5.38 Å². The van der Waals surface area contributed by atoms with Gasteiger partial charge in [-0.15, -0.1) is 11.6 Å². The maximum absolute atomic E-state index is 11.7. The number of halogens is 2. The second-order valence-electron chi connectivity index (χ2n) is 4.42. The predicted octanol–water partition coefficient (Wildman–Crippen LogP) is 3.82. The number of carbonyl (C=O) groups is 1. The first-order valence-electron chi connectivity index (χ1n) is 6.49. The summed E-state index contributed by atoms with van der Waals surface area (Å²) in [6.07, 6.45) is 0. The Kier molecular flexibility index (Phi) is 5.90. The molecule has 0 aliphatic heterocycles. The molecule has 2 rings (SSSR count). The molecular formula is C16H15Cl2NO2. The van der Waals surface area contributed by atoms with Crippen LogP contribution in [-0.4, -0.2) is 19.1 Å². The van der Waals surface area contributed by atoms with Gasteiger partial charge < -0.3 is 10.1 Å². The summed E-state index contributed by atoms with van der Waals surface area (Å²) in [5, 5.41) is 3.11. The number of amides is 1. The normalized spacial score (nSPS) is 11.7. The zero-order chi connectivity index (χ0) is 15.1. The lowest BCUT2D eigenvalue weighted by Crippen LogP contribution is -2.31. The van der Waals surface area contributed by atoms with Gasteiger partial charge in [0.25, 0.3) is 5.91 Å². The van der Waals surface area contributed by atoms with Crippen molar-refractivity contribution >= 4 is 29.1 Å². The average Bonchev–Trinajstić information content (AvgIpc) is 2.53. The van der Waals surface area contributed by atoms with Gasteiger partial charge in [0.15, 0.2) is 6.61 Å². The van der Waals surface area contributed by atoms with Crippen LogP contribution in [0.2, 0.25) is 5.02 Å². The van der Waals surface area contributed by atoms with Gasteiger partial charge >= 0.3 is 0 Å². The molecule has 0 saturated carbocycles. The standard InChI is InChI=1S/C16H15Cl2NO2/c17-13-6-8-14(9-7-13)21-11-16(20)19-10-15(18)12-4-2-1-3-5-12/h1-9,15H,10-11H2,(H,19,20). The fraction of sp³-hybridized carbons (Fsp3) is 0.188. The summed E-state index contributed by atoms with van der Waals surface area (Å²) >= 11 is 12.0. The van der Waals surface area contributed by atoms with Gasteiger partial charge in [0.1, 0.15) is 5.75 Å². The summed E-state index contributed by atoms with van der Waals surface area (Å²) in [7, 11) is 0. The topological polar surface area (TPSA) is 38.3 Å². The SMILES string of the molecule is O=C(COc1ccc(Cl)cc1)NCC(Cl)c1ccccc1. The molecule has 0 heterocycles. The lowest BCUT2D eigenvalue weighted by Gasteiger charge is -2.11. The van der Waals surface area contributed by atoms with Crippen LogP contribution in [0.25, 0.3) is 0 Å². The van der Waals surface area contributed by atoms with Crippen molar-refractivity contribution in [2.75, 3.05) is 13.2 Å². The van der Waals surface area contributed by atoms with Gasteiger partial charge in [-0.05, 0) is 29.8 Å². The molecule has 0 aliphatic carbocycles. The second-order valence-corrected chi connectivity index (χ2v) is 5.39. The van der Waals surface area contributed by atoms with Crippen molar-refractivity contribution in [2.24, 2.45) is 0 Å². The largest absolute Gasteiger partial charge is 0.484 e. The van der Waals surface area contributed by atoms with Crippen molar-refractivity contribution in [3.8, 4) is 5.75 Å². The van der Waals surface area contributed by atoms with Crippen LogP contribution < -0.4 is 10.1 Å². The molecule has 1 unspecified atom stereocenters. The van der Waals surface area contributed by atoms with E-state index in [1.165, 1.54) is 0 Å². The zero-order valence-electron chi connectivity index (χ0n) is 11.3. The van der Waals surface area contributed by atoms with E-state index in [-0.39, 0.29) is 17.9 Å². The predicted molar refractivity (Wildman–Crippen MR) is 85.0 cm³/mol. The van der Waals surface area contributed by atoms with E-state index in [9.17, 15) is 4.79 Å². The van der Waals surface area contributed by atoms with Gasteiger partial charge in [-0.25, -0.2) is 0 Å². The van der Waals surface area contributed by atoms with E-state index in [4.69, 9.17) is 27.9 Å². The number of hydrogen-bond acceptors (Lipinski definition) is 2. The van der Waals surface area contributed by atoms with Gasteiger partial charge in [0.05, 0.1) is 5.38 Å². The van der Waals surface area contributed by atoms with Gasteiger partial charge in [-0.3, -0.25) is 4.79 Å². The van der Waals surface area contributed by atoms with E-state index in [0.717, 1.165) is 5.56 Å². The molecule has 0 fully saturated rings. The monoisotopic (exact) mass is 323 g/mol. The van der Waals surface area contributed by atoms with Gasteiger partial charge in [-0.2, -0.15) is 0 Å². The van der Waals surface area contributed by atoms with Crippen LogP contribution >= 0.6 is 23.2 Å². The molecule has 0 radical (unpaired) electrons. The number of rotatable bonds is 6. The maximum Gasteiger partial charge on any atom is 0.257 e. The Morgan fingerprint density at radius 3 is 2.43 bits per heavy atom. The first kappa shape index (κ1) is 15.7. The molecule has 1 N–H and O–H groups in total. The molecule has 2 aromatic carbocycles. The Labute approximate surface area is 133 Å². The molecule has 21 heavy (non-hydrogen) atoms. The summed E-state index contributed by atoms with van der Waals surface area (Å²) in [6.45, 7) is 0.300. The summed E-state index contributed by atoms with van der Waals surface area (Å²) in [5.74, 6) is 0.381. The van der Waals surface area contributed by atoms with Crippen molar-refractivity contribution in [1.29, 1.82) is 0 Å². The van der Waals surface area contributed by atoms with Crippen molar-refractivity contribution in [3.05, 3.63) is 65.2 Å². The highest BCUT2D eigenvalue weighted by Gasteiger charge is 2.09. The van der Waals surface area contributed by atoms with E-state index < -0.39 is 0 Å². The highest BCUT2D eigenvalue weighted by Crippen LogP contribution is 2.18. The number of alkyl halides is 1. The molecule has 0 aliphatic rings. The summed E-state index contributed by atoms with van der Waals surface area (Å²) in [6, 6.07) is 16.4. The first-order chi connectivity index (χ1) is 10.1. The van der Waals surface area contributed by atoms with Gasteiger partial charge in [-0.1, -0.05) is 41.9 Å². The molecule has 1 amide bonds. The Balaban J connectivity index is 1.73. The molecular weight excluding hydrogens is 309 g/mol. The van der Waals surface area contributed by atoms with Crippen LogP contribution in [0.5, 0.6) is 5.75 Å². The van der Waals surface area contributed by atoms with Crippen LogP contribution in [0.15, 0.2) is 54.6 Å². The van der Waals surface area contributed by atoms with Crippen LogP contribution in [0.4, 0.5) is 0 Å². The van der Waals surface area contributed by atoms with Crippen LogP contribution in [-0.2, 0) is 4.79 Å². The quantitative estimate of drug-likeness (QED) is 0.821. The fourth-order valence-electron chi connectivity index (χ4n) is 1.71. The van der Waals surface area contributed by atoms with E-state index in [0.29, 0.717) is 17.3 Å². The molecule has 0 saturated heterocycles. The van der Waals surface area contributed by atoms with Crippen LogP contribution in [0, 0.1) is 0 Å². The molecule has 5 heteroatoms. The molecule has 0 aromatic heterocycles. The van der Waals surface area contributed by atoms with E-state index in [1.807, 2.05) is 30.3 Å². The molecule has 110 valence electrons. The van der Waals surface area contributed by atoms with Crippen molar-refractivity contribution in [1.82, 2.24) is 5.32 Å². The number of nitrogens with one attached hydrogen (secondary N) is 1. The van der Waals surface area contributed by atoms with Crippen molar-refractivity contribution in [3.63, 3.8) is 0 Å². The highest BCUT2D eigenvalue weighted by atomic mass is 35.5. The van der Waals surface area contributed by atoms with Gasteiger partial charge in [0, 0.05) is 11.6 Å². The summed E-state index contributed by atoms with van der Waals surface area (Å²) in [5.41, 5.74) is 0.970. The second kappa shape index (κ2) is 7.91. The number of ether oxygens (including phenoxy) is 1. The molecule has 2 aromatic rings. The average molecular weight is 324 g/mol. The van der Waals surface area contributed by atoms with Crippen molar-refractivity contribution < 1.29 is 9.53 Å². The fourth-order valence-corrected chi connectivity index (χ4v) is 2.06. The van der Waals surface area contributed by atoms with Crippen LogP contribution in [0.1, 0.15) is 10.9 Å². The number of benzene rings is 2. The summed E-state index contributed by atoms with van der Waals surface area (Å²) < 4.78 is 5.35. The Hall–Kier alpha value is -1.71. The molecule has 3 nitrogen and oxygen atoms in total. The lowest BCUT2D eigenvalue weighted by molar-refractivity contribution is -0.123. The first-order valence-corrected chi connectivity index (χ1v) is 7.30. The van der Waals surface area contributed by atoms with Crippen LogP contribution in [0.3, 0.4) is 0 Å². The minimum Gasteiger partial charge on any atom is -0.484 e. The zero-order valence-corrected chi connectivity index (χ0v) is 12.8. The Morgan fingerprint density at radius 2 is 1.76 bits per heavy atom. The Morgan fingerprint density at radius 1 is 1.10 bits per heavy atom. The maximum atomic E-state index is 11.7. The minimum absolute atomic E-state index is 0.0555. The number of carbonyl (C=O) groups excluding carboxylic acids is 1. The Bertz CT molecular complexity index is 573. The molecule has 1 atom stereocenters. The van der Waals surface area contributed by atoms with E-state index in [1.54, 1.807) is 24.3 Å². The lowest BCUT2D eigenvalue weighted by atomic mass is 10.1. The third kappa shape index (κ3) is 5.29.